The van der Waals surface area contributed by atoms with Gasteiger partial charge in [0.15, 0.2) is 0 Å². The largest absolute Gasteiger partial charge is 0.232 e. The number of benzene rings is 2. The highest BCUT2D eigenvalue weighted by atomic mass is 14.9. The molecule has 15 heavy (non-hydrogen) atoms. The van der Waals surface area contributed by atoms with Gasteiger partial charge in [-0.2, -0.15) is 0 Å². The fraction of sp³-hybridized carbons (Fsp3) is 0.143. The summed E-state index contributed by atoms with van der Waals surface area (Å²) < 4.78 is 0. The third-order valence-corrected chi connectivity index (χ3v) is 2.49. The van der Waals surface area contributed by atoms with Crippen LogP contribution < -0.4 is 5.32 Å². The fourth-order valence-electron chi connectivity index (χ4n) is 1.76. The van der Waals surface area contributed by atoms with Gasteiger partial charge in [0, 0.05) is 7.05 Å². The maximum absolute atomic E-state index is 4.43. The van der Waals surface area contributed by atoms with Crippen LogP contribution in [-0.4, -0.2) is 7.05 Å². The van der Waals surface area contributed by atoms with E-state index in [0.717, 1.165) is 0 Å². The standard InChI is InChI=1S/C14H14N/c1-15-14(12-8-4-2-5-9-12)13-10-6-3-7-11-13/h2-11,14H,1H3. The molecule has 0 fully saturated rings. The molecule has 0 N–H and O–H groups in total. The summed E-state index contributed by atoms with van der Waals surface area (Å²) in [5.41, 5.74) is 2.48. The summed E-state index contributed by atoms with van der Waals surface area (Å²) in [6.07, 6.45) is 0. The minimum Gasteiger partial charge on any atom is -0.232 e. The van der Waals surface area contributed by atoms with Crippen molar-refractivity contribution in [2.45, 2.75) is 6.04 Å². The Kier molecular flexibility index (Phi) is 3.15. The quantitative estimate of drug-likeness (QED) is 0.716. The van der Waals surface area contributed by atoms with Gasteiger partial charge >= 0.3 is 0 Å². The van der Waals surface area contributed by atoms with Gasteiger partial charge in [-0.3, -0.25) is 0 Å². The molecule has 0 amide bonds. The van der Waals surface area contributed by atoms with Crippen molar-refractivity contribution < 1.29 is 0 Å². The summed E-state index contributed by atoms with van der Waals surface area (Å²) in [6, 6.07) is 20.9. The Morgan fingerprint density at radius 1 is 0.733 bits per heavy atom. The zero-order valence-corrected chi connectivity index (χ0v) is 8.80. The summed E-state index contributed by atoms with van der Waals surface area (Å²) in [7, 11) is 1.87. The van der Waals surface area contributed by atoms with Crippen LogP contribution in [0.15, 0.2) is 60.7 Å². The fourth-order valence-corrected chi connectivity index (χ4v) is 1.76. The van der Waals surface area contributed by atoms with E-state index in [1.54, 1.807) is 0 Å². The molecule has 0 atom stereocenters. The van der Waals surface area contributed by atoms with Crippen LogP contribution in [-0.2, 0) is 0 Å². The molecule has 2 aromatic carbocycles. The average molecular weight is 196 g/mol. The molecular formula is C14H14N. The van der Waals surface area contributed by atoms with Crippen molar-refractivity contribution >= 4 is 0 Å². The van der Waals surface area contributed by atoms with Crippen LogP contribution in [0.3, 0.4) is 0 Å². The molecule has 0 aliphatic rings. The molecule has 1 nitrogen and oxygen atoms in total. The van der Waals surface area contributed by atoms with Crippen LogP contribution in [0.2, 0.25) is 0 Å². The van der Waals surface area contributed by atoms with Gasteiger partial charge in [0.2, 0.25) is 0 Å². The van der Waals surface area contributed by atoms with E-state index in [2.05, 4.69) is 53.8 Å². The molecule has 0 heterocycles. The summed E-state index contributed by atoms with van der Waals surface area (Å²) in [4.78, 5) is 0. The third kappa shape index (κ3) is 2.25. The molecule has 2 rings (SSSR count). The van der Waals surface area contributed by atoms with Crippen LogP contribution in [0, 0.1) is 0 Å². The number of nitrogens with zero attached hydrogens (tertiary/aromatic N) is 1. The van der Waals surface area contributed by atoms with Crippen molar-refractivity contribution in [3.63, 3.8) is 0 Å². The Hall–Kier alpha value is -1.60. The maximum Gasteiger partial charge on any atom is 0.0742 e. The lowest BCUT2D eigenvalue weighted by atomic mass is 9.99. The lowest BCUT2D eigenvalue weighted by molar-refractivity contribution is 0.677. The highest BCUT2D eigenvalue weighted by Gasteiger charge is 2.10. The first-order valence-electron chi connectivity index (χ1n) is 5.10. The second-order valence-corrected chi connectivity index (χ2v) is 3.48. The topological polar surface area (TPSA) is 14.1 Å². The minimum absolute atomic E-state index is 0.160. The van der Waals surface area contributed by atoms with E-state index in [0.29, 0.717) is 0 Å². The van der Waals surface area contributed by atoms with Gasteiger partial charge in [-0.1, -0.05) is 60.7 Å². The van der Waals surface area contributed by atoms with E-state index in [-0.39, 0.29) is 6.04 Å². The molecule has 1 radical (unpaired) electrons. The van der Waals surface area contributed by atoms with Gasteiger partial charge in [0.05, 0.1) is 6.04 Å². The zero-order valence-electron chi connectivity index (χ0n) is 8.80. The SMILES string of the molecule is C[N]C(c1ccccc1)c1ccccc1. The summed E-state index contributed by atoms with van der Waals surface area (Å²) >= 11 is 0. The van der Waals surface area contributed by atoms with Gasteiger partial charge in [-0.25, -0.2) is 5.32 Å². The molecular weight excluding hydrogens is 182 g/mol. The second-order valence-electron chi connectivity index (χ2n) is 3.48. The molecule has 75 valence electrons. The molecule has 0 saturated carbocycles. The molecule has 2 aromatic rings. The third-order valence-electron chi connectivity index (χ3n) is 2.49. The molecule has 0 aliphatic carbocycles. The summed E-state index contributed by atoms with van der Waals surface area (Å²) in [5.74, 6) is 0. The average Bonchev–Trinajstić information content (AvgIpc) is 2.33. The van der Waals surface area contributed by atoms with E-state index in [1.807, 2.05) is 19.2 Å². The molecule has 0 unspecified atom stereocenters. The summed E-state index contributed by atoms with van der Waals surface area (Å²) in [5, 5.41) is 4.43. The summed E-state index contributed by atoms with van der Waals surface area (Å²) in [6.45, 7) is 0. The predicted octanol–water partition coefficient (Wildman–Crippen LogP) is 3.01. The van der Waals surface area contributed by atoms with E-state index in [4.69, 9.17) is 0 Å². The predicted molar refractivity (Wildman–Crippen MR) is 62.8 cm³/mol. The monoisotopic (exact) mass is 196 g/mol. The normalized spacial score (nSPS) is 10.5. The Morgan fingerprint density at radius 3 is 1.47 bits per heavy atom. The minimum atomic E-state index is 0.160. The van der Waals surface area contributed by atoms with Gasteiger partial charge in [0.25, 0.3) is 0 Å². The van der Waals surface area contributed by atoms with Crippen molar-refractivity contribution in [2.75, 3.05) is 7.05 Å². The van der Waals surface area contributed by atoms with Crippen LogP contribution in [0.4, 0.5) is 0 Å². The maximum atomic E-state index is 4.43. The van der Waals surface area contributed by atoms with Crippen LogP contribution in [0.1, 0.15) is 17.2 Å². The molecule has 1 heteroatoms. The Bertz CT molecular complexity index is 355. The van der Waals surface area contributed by atoms with Crippen molar-refractivity contribution in [3.8, 4) is 0 Å². The van der Waals surface area contributed by atoms with Crippen LogP contribution >= 0.6 is 0 Å². The van der Waals surface area contributed by atoms with Gasteiger partial charge < -0.3 is 0 Å². The van der Waals surface area contributed by atoms with Gasteiger partial charge in [-0.15, -0.1) is 0 Å². The first kappa shape index (κ1) is 9.94. The van der Waals surface area contributed by atoms with Gasteiger partial charge in [-0.05, 0) is 11.1 Å². The molecule has 0 spiro atoms. The second kappa shape index (κ2) is 4.76. The van der Waals surface area contributed by atoms with Crippen molar-refractivity contribution in [3.05, 3.63) is 71.8 Å². The molecule has 0 aliphatic heterocycles. The van der Waals surface area contributed by atoms with Crippen LogP contribution in [0.25, 0.3) is 0 Å². The Morgan fingerprint density at radius 2 is 1.13 bits per heavy atom. The van der Waals surface area contributed by atoms with Crippen molar-refractivity contribution in [1.29, 1.82) is 0 Å². The highest BCUT2D eigenvalue weighted by Crippen LogP contribution is 2.21. The lowest BCUT2D eigenvalue weighted by Crippen LogP contribution is -2.10. The smallest absolute Gasteiger partial charge is 0.0742 e. The number of hydrogen-bond acceptors (Lipinski definition) is 0. The van der Waals surface area contributed by atoms with Crippen molar-refractivity contribution in [2.24, 2.45) is 0 Å². The molecule has 0 aromatic heterocycles. The van der Waals surface area contributed by atoms with E-state index < -0.39 is 0 Å². The number of rotatable bonds is 3. The Balaban J connectivity index is 2.34. The Labute approximate surface area is 90.8 Å². The zero-order chi connectivity index (χ0) is 10.5. The number of hydrogen-bond donors (Lipinski definition) is 0. The molecule has 0 bridgehead atoms. The van der Waals surface area contributed by atoms with E-state index in [9.17, 15) is 0 Å². The first-order chi connectivity index (χ1) is 7.42. The molecule has 0 saturated heterocycles. The van der Waals surface area contributed by atoms with E-state index >= 15 is 0 Å². The van der Waals surface area contributed by atoms with Crippen molar-refractivity contribution in [1.82, 2.24) is 5.32 Å². The van der Waals surface area contributed by atoms with E-state index in [1.165, 1.54) is 11.1 Å². The first-order valence-corrected chi connectivity index (χ1v) is 5.10. The highest BCUT2D eigenvalue weighted by molar-refractivity contribution is 5.31. The van der Waals surface area contributed by atoms with Crippen LogP contribution in [0.5, 0.6) is 0 Å². The van der Waals surface area contributed by atoms with Gasteiger partial charge in [0.1, 0.15) is 0 Å². The lowest BCUT2D eigenvalue weighted by Gasteiger charge is -2.15.